The summed E-state index contributed by atoms with van der Waals surface area (Å²) in [6.07, 6.45) is 7.00. The Morgan fingerprint density at radius 1 is 1.67 bits per heavy atom. The van der Waals surface area contributed by atoms with Crippen LogP contribution in [-0.4, -0.2) is 12.7 Å². The minimum Gasteiger partial charge on any atom is -0.369 e. The van der Waals surface area contributed by atoms with Crippen LogP contribution >= 0.6 is 0 Å². The molecule has 1 heterocycles. The first-order valence-corrected chi connectivity index (χ1v) is 4.66. The van der Waals surface area contributed by atoms with Gasteiger partial charge in [-0.1, -0.05) is 12.2 Å². The molecule has 68 valence electrons. The van der Waals surface area contributed by atoms with Crippen molar-refractivity contribution >= 4 is 0 Å². The van der Waals surface area contributed by atoms with E-state index >= 15 is 0 Å². The fraction of sp³-hybridized carbons (Fsp3) is 0.636. The van der Waals surface area contributed by atoms with Crippen LogP contribution in [0.4, 0.5) is 0 Å². The van der Waals surface area contributed by atoms with E-state index in [0.717, 1.165) is 13.0 Å². The zero-order valence-electron chi connectivity index (χ0n) is 8.26. The smallest absolute Gasteiger partial charge is 0.0990 e. The predicted molar refractivity (Wildman–Crippen MR) is 52.2 cm³/mol. The van der Waals surface area contributed by atoms with Crippen LogP contribution in [-0.2, 0) is 4.74 Å². The molecular weight excluding hydrogens is 148 g/mol. The van der Waals surface area contributed by atoms with Gasteiger partial charge in [0.15, 0.2) is 0 Å². The minimum atomic E-state index is 0.248. The highest BCUT2D eigenvalue weighted by Gasteiger charge is 2.14. The third-order valence-electron chi connectivity index (χ3n) is 2.38. The summed E-state index contributed by atoms with van der Waals surface area (Å²) in [5.41, 5.74) is 2.69. The van der Waals surface area contributed by atoms with E-state index in [0.29, 0.717) is 0 Å². The number of hydrogen-bond acceptors (Lipinski definition) is 1. The molecule has 0 saturated carbocycles. The highest BCUT2D eigenvalue weighted by atomic mass is 16.5. The Balaban J connectivity index is 2.72. The van der Waals surface area contributed by atoms with Crippen LogP contribution in [0.2, 0.25) is 0 Å². The first kappa shape index (κ1) is 9.53. The van der Waals surface area contributed by atoms with Gasteiger partial charge in [0.1, 0.15) is 0 Å². The van der Waals surface area contributed by atoms with E-state index in [-0.39, 0.29) is 6.10 Å². The molecule has 1 aliphatic rings. The number of rotatable bonds is 1. The van der Waals surface area contributed by atoms with Crippen molar-refractivity contribution in [1.82, 2.24) is 0 Å². The molecule has 0 fully saturated rings. The standard InChI is InChI=1S/C11H18O/c1-4-9(2)11-10(3)7-5-6-8-12-11/h4,7,11H,5-6,8H2,1-3H3/b9-4+/t11-/m0/s1. The van der Waals surface area contributed by atoms with Crippen molar-refractivity contribution in [2.24, 2.45) is 0 Å². The van der Waals surface area contributed by atoms with Gasteiger partial charge in [-0.2, -0.15) is 0 Å². The lowest BCUT2D eigenvalue weighted by Gasteiger charge is -2.17. The van der Waals surface area contributed by atoms with Crippen molar-refractivity contribution in [3.05, 3.63) is 23.3 Å². The summed E-state index contributed by atoms with van der Waals surface area (Å²) >= 11 is 0. The van der Waals surface area contributed by atoms with Crippen LogP contribution in [0, 0.1) is 0 Å². The molecule has 1 atom stereocenters. The summed E-state index contributed by atoms with van der Waals surface area (Å²) in [5.74, 6) is 0. The van der Waals surface area contributed by atoms with E-state index in [2.05, 4.69) is 32.9 Å². The zero-order valence-corrected chi connectivity index (χ0v) is 8.26. The highest BCUT2D eigenvalue weighted by molar-refractivity contribution is 5.20. The average molecular weight is 166 g/mol. The lowest BCUT2D eigenvalue weighted by atomic mass is 10.0. The first-order valence-electron chi connectivity index (χ1n) is 4.66. The van der Waals surface area contributed by atoms with E-state index in [1.54, 1.807) is 0 Å². The molecule has 1 nitrogen and oxygen atoms in total. The van der Waals surface area contributed by atoms with Gasteiger partial charge >= 0.3 is 0 Å². The van der Waals surface area contributed by atoms with Crippen molar-refractivity contribution in [2.45, 2.75) is 39.7 Å². The molecule has 0 unspecified atom stereocenters. The summed E-state index contributed by atoms with van der Waals surface area (Å²) in [6, 6.07) is 0. The molecule has 0 aliphatic carbocycles. The van der Waals surface area contributed by atoms with Gasteiger partial charge < -0.3 is 4.74 Å². The maximum atomic E-state index is 5.73. The maximum Gasteiger partial charge on any atom is 0.0990 e. The Morgan fingerprint density at radius 2 is 2.42 bits per heavy atom. The van der Waals surface area contributed by atoms with Crippen LogP contribution in [0.1, 0.15) is 33.6 Å². The van der Waals surface area contributed by atoms with Crippen molar-refractivity contribution in [1.29, 1.82) is 0 Å². The molecule has 0 radical (unpaired) electrons. The van der Waals surface area contributed by atoms with E-state index in [9.17, 15) is 0 Å². The molecule has 0 aromatic heterocycles. The Bertz CT molecular complexity index is 201. The maximum absolute atomic E-state index is 5.73. The van der Waals surface area contributed by atoms with Crippen LogP contribution < -0.4 is 0 Å². The van der Waals surface area contributed by atoms with Gasteiger partial charge in [-0.15, -0.1) is 0 Å². The van der Waals surface area contributed by atoms with Crippen molar-refractivity contribution in [3.8, 4) is 0 Å². The van der Waals surface area contributed by atoms with Gasteiger partial charge in [-0.3, -0.25) is 0 Å². The quantitative estimate of drug-likeness (QED) is 0.544. The number of hydrogen-bond donors (Lipinski definition) is 0. The fourth-order valence-electron chi connectivity index (χ4n) is 1.49. The van der Waals surface area contributed by atoms with Crippen LogP contribution in [0.3, 0.4) is 0 Å². The third-order valence-corrected chi connectivity index (χ3v) is 2.38. The van der Waals surface area contributed by atoms with Crippen molar-refractivity contribution < 1.29 is 4.74 Å². The lowest BCUT2D eigenvalue weighted by molar-refractivity contribution is 0.104. The summed E-state index contributed by atoms with van der Waals surface area (Å²) in [4.78, 5) is 0. The van der Waals surface area contributed by atoms with Crippen LogP contribution in [0.25, 0.3) is 0 Å². The molecule has 1 aliphatic heterocycles. The number of allylic oxidation sites excluding steroid dienone is 2. The SMILES string of the molecule is C/C=C(\C)[C@@H]1OCCCC=C1C. The van der Waals surface area contributed by atoms with E-state index in [1.807, 2.05) is 0 Å². The molecular formula is C11H18O. The molecule has 0 bridgehead atoms. The van der Waals surface area contributed by atoms with Crippen molar-refractivity contribution in [2.75, 3.05) is 6.61 Å². The van der Waals surface area contributed by atoms with Gasteiger partial charge in [0.25, 0.3) is 0 Å². The average Bonchev–Trinajstić information content (AvgIpc) is 2.28. The van der Waals surface area contributed by atoms with E-state index < -0.39 is 0 Å². The molecule has 0 spiro atoms. The molecule has 0 saturated heterocycles. The largest absolute Gasteiger partial charge is 0.369 e. The minimum absolute atomic E-state index is 0.248. The Kier molecular flexibility index (Phi) is 3.54. The highest BCUT2D eigenvalue weighted by Crippen LogP contribution is 2.19. The molecule has 12 heavy (non-hydrogen) atoms. The Labute approximate surface area is 75.1 Å². The molecule has 0 N–H and O–H groups in total. The van der Waals surface area contributed by atoms with Gasteiger partial charge in [0, 0.05) is 6.61 Å². The zero-order chi connectivity index (χ0) is 8.97. The second-order valence-corrected chi connectivity index (χ2v) is 3.37. The summed E-state index contributed by atoms with van der Waals surface area (Å²) < 4.78 is 5.73. The van der Waals surface area contributed by atoms with Gasteiger partial charge in [-0.05, 0) is 44.8 Å². The summed E-state index contributed by atoms with van der Waals surface area (Å²) in [6.45, 7) is 7.25. The summed E-state index contributed by atoms with van der Waals surface area (Å²) in [7, 11) is 0. The number of ether oxygens (including phenoxy) is 1. The Morgan fingerprint density at radius 3 is 3.08 bits per heavy atom. The van der Waals surface area contributed by atoms with Crippen LogP contribution in [0.5, 0.6) is 0 Å². The second-order valence-electron chi connectivity index (χ2n) is 3.37. The molecule has 0 aromatic rings. The normalized spacial score (nSPS) is 26.4. The van der Waals surface area contributed by atoms with Crippen molar-refractivity contribution in [3.63, 3.8) is 0 Å². The monoisotopic (exact) mass is 166 g/mol. The second kappa shape index (κ2) is 4.46. The lowest BCUT2D eigenvalue weighted by Crippen LogP contribution is -2.14. The van der Waals surface area contributed by atoms with Crippen LogP contribution in [0.15, 0.2) is 23.3 Å². The Hall–Kier alpha value is -0.560. The van der Waals surface area contributed by atoms with Gasteiger partial charge in [0.05, 0.1) is 6.10 Å². The third kappa shape index (κ3) is 2.21. The first-order chi connectivity index (χ1) is 5.75. The molecule has 0 aromatic carbocycles. The fourth-order valence-corrected chi connectivity index (χ4v) is 1.49. The topological polar surface area (TPSA) is 9.23 Å². The van der Waals surface area contributed by atoms with Gasteiger partial charge in [0.2, 0.25) is 0 Å². The molecule has 0 amide bonds. The van der Waals surface area contributed by atoms with Gasteiger partial charge in [-0.25, -0.2) is 0 Å². The summed E-state index contributed by atoms with van der Waals surface area (Å²) in [5, 5.41) is 0. The molecule has 1 rings (SSSR count). The predicted octanol–water partition coefficient (Wildman–Crippen LogP) is 3.08. The van der Waals surface area contributed by atoms with E-state index in [1.165, 1.54) is 17.6 Å². The molecule has 1 heteroatoms. The van der Waals surface area contributed by atoms with E-state index in [4.69, 9.17) is 4.74 Å².